The molecule has 1 aliphatic heterocycles. The molecule has 3 aromatic carbocycles. The van der Waals surface area contributed by atoms with Gasteiger partial charge in [-0.1, -0.05) is 18.2 Å². The SMILES string of the molecule is COc1ccc(CN2CCCN(c3ccc(OC)cc3NS(=O)(=O)c3ccc(C)c(F)c3)C2=O)cc1. The van der Waals surface area contributed by atoms with Gasteiger partial charge in [0.05, 0.1) is 30.5 Å². The highest BCUT2D eigenvalue weighted by Gasteiger charge is 2.30. The third-order valence-corrected chi connectivity index (χ3v) is 7.40. The molecule has 2 amide bonds. The third kappa shape index (κ3) is 5.38. The molecule has 0 atom stereocenters. The molecule has 1 saturated heterocycles. The van der Waals surface area contributed by atoms with Gasteiger partial charge in [0, 0.05) is 25.7 Å². The zero-order valence-corrected chi connectivity index (χ0v) is 21.1. The molecule has 1 heterocycles. The summed E-state index contributed by atoms with van der Waals surface area (Å²) in [6, 6.07) is 15.8. The maximum absolute atomic E-state index is 14.1. The van der Waals surface area contributed by atoms with E-state index in [2.05, 4.69) is 4.72 Å². The Morgan fingerprint density at radius 2 is 1.64 bits per heavy atom. The van der Waals surface area contributed by atoms with Gasteiger partial charge in [-0.3, -0.25) is 9.62 Å². The van der Waals surface area contributed by atoms with Crippen LogP contribution in [0.1, 0.15) is 17.5 Å². The topological polar surface area (TPSA) is 88.2 Å². The van der Waals surface area contributed by atoms with Gasteiger partial charge in [0.15, 0.2) is 0 Å². The summed E-state index contributed by atoms with van der Waals surface area (Å²) < 4.78 is 53.3. The van der Waals surface area contributed by atoms with E-state index in [1.54, 1.807) is 36.0 Å². The molecule has 190 valence electrons. The molecule has 0 bridgehead atoms. The average Bonchev–Trinajstić information content (AvgIpc) is 2.87. The molecule has 0 aromatic heterocycles. The van der Waals surface area contributed by atoms with Crippen molar-refractivity contribution in [1.29, 1.82) is 0 Å². The Morgan fingerprint density at radius 3 is 2.31 bits per heavy atom. The Labute approximate surface area is 210 Å². The van der Waals surface area contributed by atoms with Gasteiger partial charge >= 0.3 is 6.03 Å². The number of urea groups is 1. The summed E-state index contributed by atoms with van der Waals surface area (Å²) in [4.78, 5) is 16.5. The second-order valence-corrected chi connectivity index (χ2v) is 10.1. The van der Waals surface area contributed by atoms with Gasteiger partial charge in [0.2, 0.25) is 0 Å². The van der Waals surface area contributed by atoms with Crippen molar-refractivity contribution in [3.63, 3.8) is 0 Å². The number of nitrogens with zero attached hydrogens (tertiary/aromatic N) is 2. The van der Waals surface area contributed by atoms with Crippen molar-refractivity contribution in [2.24, 2.45) is 0 Å². The van der Waals surface area contributed by atoms with Crippen molar-refractivity contribution in [3.05, 3.63) is 77.6 Å². The lowest BCUT2D eigenvalue weighted by Crippen LogP contribution is -2.49. The molecule has 0 saturated carbocycles. The van der Waals surface area contributed by atoms with Crippen LogP contribution in [0.5, 0.6) is 11.5 Å². The number of anilines is 2. The molecule has 0 spiro atoms. The summed E-state index contributed by atoms with van der Waals surface area (Å²) >= 11 is 0. The molecule has 0 radical (unpaired) electrons. The molecule has 1 aliphatic rings. The van der Waals surface area contributed by atoms with Crippen LogP contribution in [0.25, 0.3) is 0 Å². The zero-order valence-electron chi connectivity index (χ0n) is 20.3. The number of hydrogen-bond donors (Lipinski definition) is 1. The number of benzene rings is 3. The number of hydrogen-bond acceptors (Lipinski definition) is 5. The van der Waals surface area contributed by atoms with E-state index in [9.17, 15) is 17.6 Å². The number of aryl methyl sites for hydroxylation is 1. The predicted molar refractivity (Wildman–Crippen MR) is 136 cm³/mol. The first kappa shape index (κ1) is 25.3. The smallest absolute Gasteiger partial charge is 0.324 e. The van der Waals surface area contributed by atoms with Crippen molar-refractivity contribution in [2.75, 3.05) is 36.9 Å². The number of carbonyl (C=O) groups excluding carboxylic acids is 1. The molecule has 1 fully saturated rings. The Kier molecular flexibility index (Phi) is 7.35. The molecule has 1 N–H and O–H groups in total. The number of carbonyl (C=O) groups is 1. The maximum Gasteiger partial charge on any atom is 0.324 e. The summed E-state index contributed by atoms with van der Waals surface area (Å²) in [5.74, 6) is 0.518. The second kappa shape index (κ2) is 10.4. The van der Waals surface area contributed by atoms with Crippen LogP contribution in [0.3, 0.4) is 0 Å². The first-order valence-corrected chi connectivity index (χ1v) is 12.9. The van der Waals surface area contributed by atoms with E-state index in [4.69, 9.17) is 9.47 Å². The van der Waals surface area contributed by atoms with E-state index in [1.807, 2.05) is 24.3 Å². The van der Waals surface area contributed by atoms with Gasteiger partial charge in [-0.25, -0.2) is 17.6 Å². The van der Waals surface area contributed by atoms with Crippen LogP contribution in [0, 0.1) is 12.7 Å². The van der Waals surface area contributed by atoms with Gasteiger partial charge < -0.3 is 14.4 Å². The lowest BCUT2D eigenvalue weighted by Gasteiger charge is -2.36. The Bertz CT molecular complexity index is 1360. The van der Waals surface area contributed by atoms with E-state index < -0.39 is 15.8 Å². The number of amides is 2. The second-order valence-electron chi connectivity index (χ2n) is 8.46. The molecule has 3 aromatic rings. The fourth-order valence-electron chi connectivity index (χ4n) is 4.01. The fraction of sp³-hybridized carbons (Fsp3) is 0.269. The van der Waals surface area contributed by atoms with Gasteiger partial charge in [-0.2, -0.15) is 0 Å². The van der Waals surface area contributed by atoms with E-state index in [0.29, 0.717) is 43.1 Å². The Morgan fingerprint density at radius 1 is 0.944 bits per heavy atom. The fourth-order valence-corrected chi connectivity index (χ4v) is 5.08. The van der Waals surface area contributed by atoms with Crippen LogP contribution in [0.2, 0.25) is 0 Å². The highest BCUT2D eigenvalue weighted by molar-refractivity contribution is 7.92. The van der Waals surface area contributed by atoms with E-state index in [0.717, 1.165) is 17.4 Å². The van der Waals surface area contributed by atoms with Crippen molar-refractivity contribution in [2.45, 2.75) is 24.8 Å². The molecule has 0 unspecified atom stereocenters. The average molecular weight is 514 g/mol. The first-order chi connectivity index (χ1) is 17.2. The summed E-state index contributed by atoms with van der Waals surface area (Å²) in [7, 11) is -1.08. The van der Waals surface area contributed by atoms with E-state index in [1.165, 1.54) is 25.3 Å². The largest absolute Gasteiger partial charge is 0.497 e. The third-order valence-electron chi connectivity index (χ3n) is 6.04. The summed E-state index contributed by atoms with van der Waals surface area (Å²) in [5, 5.41) is 0. The minimum absolute atomic E-state index is 0.162. The lowest BCUT2D eigenvalue weighted by molar-refractivity contribution is 0.192. The van der Waals surface area contributed by atoms with E-state index >= 15 is 0 Å². The Hall–Kier alpha value is -3.79. The van der Waals surface area contributed by atoms with Crippen molar-refractivity contribution in [3.8, 4) is 11.5 Å². The normalized spacial score (nSPS) is 14.1. The molecule has 4 rings (SSSR count). The van der Waals surface area contributed by atoms with Crippen LogP contribution in [0.4, 0.5) is 20.6 Å². The number of sulfonamides is 1. The van der Waals surface area contributed by atoms with Crippen LogP contribution < -0.4 is 19.1 Å². The molecular weight excluding hydrogens is 485 g/mol. The van der Waals surface area contributed by atoms with Crippen LogP contribution in [-0.2, 0) is 16.6 Å². The highest BCUT2D eigenvalue weighted by atomic mass is 32.2. The van der Waals surface area contributed by atoms with E-state index in [-0.39, 0.29) is 16.6 Å². The number of nitrogens with one attached hydrogen (secondary N) is 1. The molecule has 36 heavy (non-hydrogen) atoms. The zero-order chi connectivity index (χ0) is 25.9. The minimum Gasteiger partial charge on any atom is -0.497 e. The summed E-state index contributed by atoms with van der Waals surface area (Å²) in [6.45, 7) is 2.94. The molecule has 8 nitrogen and oxygen atoms in total. The standard InChI is InChI=1S/C26H28FN3O5S/c1-18-5-11-22(16-23(18)27)36(32,33)28-24-15-21(35-3)10-12-25(24)30-14-4-13-29(26(30)31)17-19-6-8-20(34-2)9-7-19/h5-12,15-16,28H,4,13-14,17H2,1-3H3. The van der Waals surface area contributed by atoms with Crippen molar-refractivity contribution < 1.29 is 27.1 Å². The lowest BCUT2D eigenvalue weighted by atomic mass is 10.1. The Balaban J connectivity index is 1.63. The van der Waals surface area contributed by atoms with Crippen LogP contribution in [0.15, 0.2) is 65.6 Å². The summed E-state index contributed by atoms with van der Waals surface area (Å²) in [5.41, 5.74) is 1.83. The quantitative estimate of drug-likeness (QED) is 0.468. The monoisotopic (exact) mass is 513 g/mol. The molecular formula is C26H28FN3O5S. The molecule has 10 heteroatoms. The number of rotatable bonds is 8. The van der Waals surface area contributed by atoms with Gasteiger partial charge in [0.25, 0.3) is 10.0 Å². The first-order valence-electron chi connectivity index (χ1n) is 11.4. The van der Waals surface area contributed by atoms with Crippen molar-refractivity contribution in [1.82, 2.24) is 4.90 Å². The minimum atomic E-state index is -4.13. The number of halogens is 1. The number of ether oxygens (including phenoxy) is 2. The predicted octanol–water partition coefficient (Wildman–Crippen LogP) is 4.78. The number of methoxy groups -OCH3 is 2. The van der Waals surface area contributed by atoms with Crippen LogP contribution >= 0.6 is 0 Å². The maximum atomic E-state index is 14.1. The summed E-state index contributed by atoms with van der Waals surface area (Å²) in [6.07, 6.45) is 0.698. The van der Waals surface area contributed by atoms with Crippen molar-refractivity contribution >= 4 is 27.4 Å². The van der Waals surface area contributed by atoms with Gasteiger partial charge in [0.1, 0.15) is 17.3 Å². The molecule has 0 aliphatic carbocycles. The van der Waals surface area contributed by atoms with Gasteiger partial charge in [-0.15, -0.1) is 0 Å². The van der Waals surface area contributed by atoms with Crippen LogP contribution in [-0.4, -0.2) is 46.7 Å². The van der Waals surface area contributed by atoms with Gasteiger partial charge in [-0.05, 0) is 60.9 Å². The highest BCUT2D eigenvalue weighted by Crippen LogP contribution is 2.34.